The van der Waals surface area contributed by atoms with Gasteiger partial charge in [0.1, 0.15) is 18.2 Å². The molecule has 6 heteroatoms. The molecule has 0 aliphatic carbocycles. The molecule has 0 radical (unpaired) electrons. The van der Waals surface area contributed by atoms with Gasteiger partial charge in [0, 0.05) is 6.54 Å². The molecule has 0 saturated carbocycles. The number of unbranched alkanes of at least 4 members (excludes halogenated alkanes) is 2. The van der Waals surface area contributed by atoms with Gasteiger partial charge in [-0.25, -0.2) is 4.39 Å². The monoisotopic (exact) mass is 399 g/mol. The zero-order valence-electron chi connectivity index (χ0n) is 15.7. The average Bonchev–Trinajstić information content (AvgIpc) is 2.96. The van der Waals surface area contributed by atoms with E-state index in [4.69, 9.17) is 4.74 Å². The van der Waals surface area contributed by atoms with Crippen LogP contribution in [0.5, 0.6) is 5.75 Å². The molecular formula is C22H22FNO3S. The smallest absolute Gasteiger partial charge is 0.293 e. The van der Waals surface area contributed by atoms with Crippen molar-refractivity contribution in [1.29, 1.82) is 0 Å². The number of benzene rings is 2. The molecule has 2 aromatic carbocycles. The van der Waals surface area contributed by atoms with E-state index in [2.05, 4.69) is 6.92 Å². The van der Waals surface area contributed by atoms with Gasteiger partial charge in [-0.2, -0.15) is 0 Å². The summed E-state index contributed by atoms with van der Waals surface area (Å²) >= 11 is 0.984. The van der Waals surface area contributed by atoms with Gasteiger partial charge in [-0.1, -0.05) is 44.0 Å². The third-order valence-electron chi connectivity index (χ3n) is 4.36. The van der Waals surface area contributed by atoms with Crippen LogP contribution >= 0.6 is 11.8 Å². The summed E-state index contributed by atoms with van der Waals surface area (Å²) < 4.78 is 18.6. The molecule has 0 unspecified atom stereocenters. The highest BCUT2D eigenvalue weighted by Crippen LogP contribution is 2.32. The van der Waals surface area contributed by atoms with E-state index in [1.807, 2.05) is 12.1 Å². The number of carbonyl (C=O) groups is 2. The zero-order valence-corrected chi connectivity index (χ0v) is 16.5. The van der Waals surface area contributed by atoms with Crippen LogP contribution in [-0.2, 0) is 11.4 Å². The maximum atomic E-state index is 12.9. The maximum absolute atomic E-state index is 12.9. The predicted octanol–water partition coefficient (Wildman–Crippen LogP) is 5.63. The maximum Gasteiger partial charge on any atom is 0.293 e. The lowest BCUT2D eigenvalue weighted by atomic mass is 10.2. The molecule has 1 aliphatic heterocycles. The lowest BCUT2D eigenvalue weighted by Crippen LogP contribution is -2.29. The van der Waals surface area contributed by atoms with Gasteiger partial charge in [-0.15, -0.1) is 0 Å². The number of amides is 2. The third kappa shape index (κ3) is 5.23. The van der Waals surface area contributed by atoms with Crippen molar-refractivity contribution in [2.75, 3.05) is 6.54 Å². The Balaban J connectivity index is 1.59. The van der Waals surface area contributed by atoms with Crippen LogP contribution in [0, 0.1) is 5.82 Å². The second-order valence-electron chi connectivity index (χ2n) is 6.52. The number of hydrogen-bond donors (Lipinski definition) is 0. The minimum absolute atomic E-state index is 0.202. The van der Waals surface area contributed by atoms with Crippen LogP contribution in [0.1, 0.15) is 37.3 Å². The standard InChI is InChI=1S/C22H22FNO3S/c1-2-3-4-13-24-21(25)20(28-22(24)26)14-16-7-11-19(12-8-16)27-15-17-5-9-18(23)10-6-17/h5-12,14H,2-4,13,15H2,1H3/b20-14-. The Morgan fingerprint density at radius 2 is 1.75 bits per heavy atom. The lowest BCUT2D eigenvalue weighted by molar-refractivity contribution is -0.122. The number of rotatable bonds is 8. The fraction of sp³-hybridized carbons (Fsp3) is 0.273. The molecule has 2 aromatic rings. The summed E-state index contributed by atoms with van der Waals surface area (Å²) in [6, 6.07) is 13.5. The highest BCUT2D eigenvalue weighted by molar-refractivity contribution is 8.18. The largest absolute Gasteiger partial charge is 0.489 e. The average molecular weight is 399 g/mol. The van der Waals surface area contributed by atoms with Crippen LogP contribution in [0.2, 0.25) is 0 Å². The van der Waals surface area contributed by atoms with Crippen molar-refractivity contribution in [1.82, 2.24) is 4.90 Å². The molecule has 0 bridgehead atoms. The van der Waals surface area contributed by atoms with Crippen molar-refractivity contribution in [2.45, 2.75) is 32.8 Å². The normalized spacial score (nSPS) is 15.5. The number of ether oxygens (including phenoxy) is 1. The molecule has 1 saturated heterocycles. The lowest BCUT2D eigenvalue weighted by Gasteiger charge is -2.11. The second kappa shape index (κ2) is 9.55. The summed E-state index contributed by atoms with van der Waals surface area (Å²) in [5.41, 5.74) is 1.70. The molecule has 0 spiro atoms. The van der Waals surface area contributed by atoms with E-state index < -0.39 is 0 Å². The molecular weight excluding hydrogens is 377 g/mol. The second-order valence-corrected chi connectivity index (χ2v) is 7.52. The molecule has 1 heterocycles. The Hall–Kier alpha value is -2.60. The molecule has 0 aromatic heterocycles. The SMILES string of the molecule is CCCCCN1C(=O)S/C(=C\c2ccc(OCc3ccc(F)cc3)cc2)C1=O. The Labute approximate surface area is 168 Å². The zero-order chi connectivity index (χ0) is 19.9. The topological polar surface area (TPSA) is 46.6 Å². The van der Waals surface area contributed by atoms with Gasteiger partial charge < -0.3 is 4.74 Å². The van der Waals surface area contributed by atoms with Crippen molar-refractivity contribution < 1.29 is 18.7 Å². The van der Waals surface area contributed by atoms with Crippen LogP contribution in [0.15, 0.2) is 53.4 Å². The highest BCUT2D eigenvalue weighted by Gasteiger charge is 2.34. The first-order valence-electron chi connectivity index (χ1n) is 9.29. The summed E-state index contributed by atoms with van der Waals surface area (Å²) in [6.45, 7) is 2.91. The van der Waals surface area contributed by atoms with Crippen LogP contribution in [0.3, 0.4) is 0 Å². The summed E-state index contributed by atoms with van der Waals surface area (Å²) in [6.07, 6.45) is 4.61. The number of carbonyl (C=O) groups excluding carboxylic acids is 2. The van der Waals surface area contributed by atoms with E-state index in [-0.39, 0.29) is 17.0 Å². The summed E-state index contributed by atoms with van der Waals surface area (Å²) in [4.78, 5) is 26.3. The molecule has 1 fully saturated rings. The van der Waals surface area contributed by atoms with Crippen molar-refractivity contribution in [3.05, 3.63) is 70.4 Å². The van der Waals surface area contributed by atoms with Crippen molar-refractivity contribution in [3.63, 3.8) is 0 Å². The minimum Gasteiger partial charge on any atom is -0.489 e. The van der Waals surface area contributed by atoms with Gasteiger partial charge in [0.25, 0.3) is 11.1 Å². The molecule has 0 N–H and O–H groups in total. The summed E-state index contributed by atoms with van der Waals surface area (Å²) in [5.74, 6) is 0.180. The Morgan fingerprint density at radius 1 is 1.04 bits per heavy atom. The molecule has 146 valence electrons. The number of halogens is 1. The van der Waals surface area contributed by atoms with Gasteiger partial charge in [0.2, 0.25) is 0 Å². The molecule has 0 atom stereocenters. The van der Waals surface area contributed by atoms with Crippen LogP contribution in [0.4, 0.5) is 9.18 Å². The van der Waals surface area contributed by atoms with Gasteiger partial charge in [0.05, 0.1) is 4.91 Å². The minimum atomic E-state index is -0.275. The van der Waals surface area contributed by atoms with E-state index in [1.165, 1.54) is 17.0 Å². The number of imide groups is 1. The van der Waals surface area contributed by atoms with Gasteiger partial charge in [-0.05, 0) is 59.7 Å². The van der Waals surface area contributed by atoms with Gasteiger partial charge in [-0.3, -0.25) is 14.5 Å². The third-order valence-corrected chi connectivity index (χ3v) is 5.26. The van der Waals surface area contributed by atoms with Crippen LogP contribution in [-0.4, -0.2) is 22.6 Å². The molecule has 4 nitrogen and oxygen atoms in total. The van der Waals surface area contributed by atoms with Crippen molar-refractivity contribution in [3.8, 4) is 5.75 Å². The van der Waals surface area contributed by atoms with E-state index in [0.29, 0.717) is 23.8 Å². The van der Waals surface area contributed by atoms with Crippen LogP contribution < -0.4 is 4.74 Å². The van der Waals surface area contributed by atoms with E-state index >= 15 is 0 Å². The first kappa shape index (κ1) is 20.1. The van der Waals surface area contributed by atoms with Gasteiger partial charge >= 0.3 is 0 Å². The predicted molar refractivity (Wildman–Crippen MR) is 109 cm³/mol. The van der Waals surface area contributed by atoms with E-state index in [9.17, 15) is 14.0 Å². The Bertz CT molecular complexity index is 862. The fourth-order valence-electron chi connectivity index (χ4n) is 2.77. The Kier molecular flexibility index (Phi) is 6.87. The summed E-state index contributed by atoms with van der Waals surface area (Å²) in [5, 5.41) is -0.202. The molecule has 3 rings (SSSR count). The quantitative estimate of drug-likeness (QED) is 0.426. The molecule has 28 heavy (non-hydrogen) atoms. The molecule has 2 amide bonds. The van der Waals surface area contributed by atoms with Crippen LogP contribution in [0.25, 0.3) is 6.08 Å². The summed E-state index contributed by atoms with van der Waals surface area (Å²) in [7, 11) is 0. The first-order chi connectivity index (χ1) is 13.6. The number of thioether (sulfide) groups is 1. The highest BCUT2D eigenvalue weighted by atomic mass is 32.2. The fourth-order valence-corrected chi connectivity index (χ4v) is 3.64. The first-order valence-corrected chi connectivity index (χ1v) is 10.1. The van der Waals surface area contributed by atoms with Gasteiger partial charge in [0.15, 0.2) is 0 Å². The van der Waals surface area contributed by atoms with E-state index in [1.54, 1.807) is 30.3 Å². The Morgan fingerprint density at radius 3 is 2.43 bits per heavy atom. The number of hydrogen-bond acceptors (Lipinski definition) is 4. The van der Waals surface area contributed by atoms with E-state index in [0.717, 1.165) is 42.2 Å². The molecule has 1 aliphatic rings. The van der Waals surface area contributed by atoms with Crippen molar-refractivity contribution >= 4 is 29.0 Å². The van der Waals surface area contributed by atoms with Crippen molar-refractivity contribution in [2.24, 2.45) is 0 Å². The number of nitrogens with zero attached hydrogens (tertiary/aromatic N) is 1.